The average Bonchev–Trinajstić information content (AvgIpc) is 2.99. The Hall–Kier alpha value is -0.340. The summed E-state index contributed by atoms with van der Waals surface area (Å²) in [6.45, 7) is 4.57. The molecule has 1 saturated carbocycles. The van der Waals surface area contributed by atoms with Gasteiger partial charge in [0.1, 0.15) is 0 Å². The van der Waals surface area contributed by atoms with E-state index in [1.54, 1.807) is 0 Å². The molecule has 1 nitrogen and oxygen atoms in total. The van der Waals surface area contributed by atoms with E-state index in [0.717, 1.165) is 0 Å². The molecule has 16 heavy (non-hydrogen) atoms. The van der Waals surface area contributed by atoms with Crippen molar-refractivity contribution in [2.75, 3.05) is 7.05 Å². The molecular weight excluding hydrogens is 262 g/mol. The van der Waals surface area contributed by atoms with E-state index in [1.807, 2.05) is 0 Å². The molecule has 1 aromatic rings. The summed E-state index contributed by atoms with van der Waals surface area (Å²) in [7, 11) is 2.05. The molecular formula is C14H20BrN. The normalized spacial score (nSPS) is 18.5. The molecule has 1 aromatic carbocycles. The lowest BCUT2D eigenvalue weighted by Crippen LogP contribution is -2.39. The molecule has 1 aliphatic carbocycles. The van der Waals surface area contributed by atoms with Crippen molar-refractivity contribution in [3.8, 4) is 0 Å². The highest BCUT2D eigenvalue weighted by molar-refractivity contribution is 9.10. The van der Waals surface area contributed by atoms with Gasteiger partial charge in [-0.05, 0) is 63.3 Å². The molecule has 2 rings (SSSR count). The summed E-state index contributed by atoms with van der Waals surface area (Å²) < 4.78 is 1.17. The van der Waals surface area contributed by atoms with Crippen LogP contribution in [-0.4, -0.2) is 12.6 Å². The summed E-state index contributed by atoms with van der Waals surface area (Å²) >= 11 is 3.50. The Bertz CT molecular complexity index is 363. The highest BCUT2D eigenvalue weighted by Gasteiger charge is 2.47. The van der Waals surface area contributed by atoms with E-state index in [0.29, 0.717) is 5.41 Å². The van der Waals surface area contributed by atoms with Crippen LogP contribution < -0.4 is 5.32 Å². The molecule has 0 spiro atoms. The molecule has 0 aromatic heterocycles. The third kappa shape index (κ3) is 2.49. The van der Waals surface area contributed by atoms with Gasteiger partial charge in [0, 0.05) is 10.0 Å². The van der Waals surface area contributed by atoms with Crippen LogP contribution in [0.2, 0.25) is 0 Å². The zero-order valence-corrected chi connectivity index (χ0v) is 11.9. The lowest BCUT2D eigenvalue weighted by molar-refractivity contribution is 0.348. The van der Waals surface area contributed by atoms with Crippen LogP contribution in [-0.2, 0) is 5.41 Å². The van der Waals surface area contributed by atoms with E-state index in [2.05, 4.69) is 66.4 Å². The Morgan fingerprint density at radius 1 is 1.25 bits per heavy atom. The van der Waals surface area contributed by atoms with Crippen LogP contribution in [0.5, 0.6) is 0 Å². The molecule has 1 aliphatic rings. The second-order valence-electron chi connectivity index (χ2n) is 5.60. The van der Waals surface area contributed by atoms with Gasteiger partial charge in [-0.15, -0.1) is 0 Å². The number of rotatable bonds is 4. The molecule has 0 aliphatic heterocycles. The summed E-state index contributed by atoms with van der Waals surface area (Å²) in [6.07, 6.45) is 3.89. The quantitative estimate of drug-likeness (QED) is 0.884. The van der Waals surface area contributed by atoms with Gasteiger partial charge in [-0.3, -0.25) is 0 Å². The van der Waals surface area contributed by atoms with Gasteiger partial charge in [0.05, 0.1) is 0 Å². The maximum atomic E-state index is 3.50. The van der Waals surface area contributed by atoms with Crippen LogP contribution in [0.1, 0.15) is 38.7 Å². The zero-order chi connectivity index (χ0) is 11.8. The van der Waals surface area contributed by atoms with Crippen molar-refractivity contribution < 1.29 is 0 Å². The predicted octanol–water partition coefficient (Wildman–Crippen LogP) is 3.87. The summed E-state index contributed by atoms with van der Waals surface area (Å²) in [5, 5.41) is 3.41. The van der Waals surface area contributed by atoms with Crippen molar-refractivity contribution in [2.24, 2.45) is 0 Å². The second-order valence-corrected chi connectivity index (χ2v) is 6.51. The summed E-state index contributed by atoms with van der Waals surface area (Å²) in [4.78, 5) is 0. The van der Waals surface area contributed by atoms with Crippen LogP contribution in [0.3, 0.4) is 0 Å². The van der Waals surface area contributed by atoms with Gasteiger partial charge in [-0.2, -0.15) is 0 Å². The minimum Gasteiger partial charge on any atom is -0.315 e. The highest BCUT2D eigenvalue weighted by atomic mass is 79.9. The van der Waals surface area contributed by atoms with Gasteiger partial charge in [0.25, 0.3) is 0 Å². The SMILES string of the molecule is CNC(C)(C)CC1(c2ccc(Br)cc2)CC1. The van der Waals surface area contributed by atoms with Gasteiger partial charge in [0.15, 0.2) is 0 Å². The molecule has 88 valence electrons. The third-order valence-corrected chi connectivity index (χ3v) is 4.30. The fourth-order valence-electron chi connectivity index (χ4n) is 2.46. The van der Waals surface area contributed by atoms with Gasteiger partial charge in [-0.1, -0.05) is 28.1 Å². The molecule has 2 heteroatoms. The van der Waals surface area contributed by atoms with Gasteiger partial charge in [0.2, 0.25) is 0 Å². The number of benzene rings is 1. The first kappa shape index (κ1) is 12.1. The smallest absolute Gasteiger partial charge is 0.0175 e. The van der Waals surface area contributed by atoms with Gasteiger partial charge < -0.3 is 5.32 Å². The Morgan fingerprint density at radius 3 is 2.25 bits per heavy atom. The monoisotopic (exact) mass is 281 g/mol. The molecule has 0 amide bonds. The van der Waals surface area contributed by atoms with Crippen molar-refractivity contribution in [3.05, 3.63) is 34.3 Å². The van der Waals surface area contributed by atoms with Crippen LogP contribution in [0.4, 0.5) is 0 Å². The zero-order valence-electron chi connectivity index (χ0n) is 10.3. The molecule has 1 fully saturated rings. The molecule has 0 bridgehead atoms. The minimum atomic E-state index is 0.226. The number of halogens is 1. The maximum absolute atomic E-state index is 3.50. The van der Waals surface area contributed by atoms with Gasteiger partial charge >= 0.3 is 0 Å². The Kier molecular flexibility index (Phi) is 3.15. The number of hydrogen-bond donors (Lipinski definition) is 1. The summed E-state index contributed by atoms with van der Waals surface area (Å²) in [5.41, 5.74) is 2.16. The van der Waals surface area contributed by atoms with E-state index in [-0.39, 0.29) is 5.54 Å². The van der Waals surface area contributed by atoms with Crippen LogP contribution in [0.25, 0.3) is 0 Å². The average molecular weight is 282 g/mol. The summed E-state index contributed by atoms with van der Waals surface area (Å²) in [6, 6.07) is 8.84. The van der Waals surface area contributed by atoms with E-state index in [9.17, 15) is 0 Å². The van der Waals surface area contributed by atoms with Crippen molar-refractivity contribution in [3.63, 3.8) is 0 Å². The first-order valence-electron chi connectivity index (χ1n) is 5.92. The molecule has 0 heterocycles. The van der Waals surface area contributed by atoms with E-state index in [4.69, 9.17) is 0 Å². The lowest BCUT2D eigenvalue weighted by atomic mass is 9.83. The van der Waals surface area contributed by atoms with Crippen molar-refractivity contribution >= 4 is 15.9 Å². The topological polar surface area (TPSA) is 12.0 Å². The second kappa shape index (κ2) is 4.15. The van der Waals surface area contributed by atoms with Crippen LogP contribution in [0.15, 0.2) is 28.7 Å². The Labute approximate surface area is 107 Å². The molecule has 0 atom stereocenters. The first-order valence-corrected chi connectivity index (χ1v) is 6.72. The van der Waals surface area contributed by atoms with E-state index < -0.39 is 0 Å². The molecule has 0 saturated heterocycles. The Balaban J connectivity index is 2.17. The molecule has 0 radical (unpaired) electrons. The van der Waals surface area contributed by atoms with Gasteiger partial charge in [-0.25, -0.2) is 0 Å². The highest BCUT2D eigenvalue weighted by Crippen LogP contribution is 2.53. The molecule has 1 N–H and O–H groups in total. The first-order chi connectivity index (χ1) is 7.47. The van der Waals surface area contributed by atoms with Crippen molar-refractivity contribution in [1.82, 2.24) is 5.32 Å². The summed E-state index contributed by atoms with van der Waals surface area (Å²) in [5.74, 6) is 0. The van der Waals surface area contributed by atoms with Crippen molar-refractivity contribution in [1.29, 1.82) is 0 Å². The minimum absolute atomic E-state index is 0.226. The van der Waals surface area contributed by atoms with E-state index in [1.165, 1.54) is 29.3 Å². The Morgan fingerprint density at radius 2 is 1.81 bits per heavy atom. The van der Waals surface area contributed by atoms with Crippen LogP contribution >= 0.6 is 15.9 Å². The molecule has 0 unspecified atom stereocenters. The maximum Gasteiger partial charge on any atom is 0.0175 e. The fraction of sp³-hybridized carbons (Fsp3) is 0.571. The number of hydrogen-bond acceptors (Lipinski definition) is 1. The van der Waals surface area contributed by atoms with E-state index >= 15 is 0 Å². The number of nitrogens with one attached hydrogen (secondary N) is 1. The van der Waals surface area contributed by atoms with Crippen molar-refractivity contribution in [2.45, 2.75) is 44.1 Å². The largest absolute Gasteiger partial charge is 0.315 e. The lowest BCUT2D eigenvalue weighted by Gasteiger charge is -2.30. The predicted molar refractivity (Wildman–Crippen MR) is 72.8 cm³/mol. The van der Waals surface area contributed by atoms with Crippen LogP contribution in [0, 0.1) is 0 Å². The standard InChI is InChI=1S/C14H20BrN/c1-13(2,16-3)10-14(8-9-14)11-4-6-12(15)7-5-11/h4-7,16H,8-10H2,1-3H3. The fourth-order valence-corrected chi connectivity index (χ4v) is 2.72. The third-order valence-electron chi connectivity index (χ3n) is 3.77.